The summed E-state index contributed by atoms with van der Waals surface area (Å²) < 4.78 is 9.98. The van der Waals surface area contributed by atoms with Crippen molar-refractivity contribution in [1.82, 2.24) is 0 Å². The number of rotatable bonds is 7. The Morgan fingerprint density at radius 3 is 2.05 bits per heavy atom. The highest BCUT2D eigenvalue weighted by molar-refractivity contribution is 5.91. The number of esters is 2. The molecule has 0 aliphatic rings. The molecule has 0 spiro atoms. The third-order valence-electron chi connectivity index (χ3n) is 2.54. The van der Waals surface area contributed by atoms with Crippen LogP contribution in [0.5, 0.6) is 0 Å². The van der Waals surface area contributed by atoms with E-state index >= 15 is 0 Å². The summed E-state index contributed by atoms with van der Waals surface area (Å²) in [4.78, 5) is 22.8. The van der Waals surface area contributed by atoms with Crippen LogP contribution in [0.25, 0.3) is 0 Å². The van der Waals surface area contributed by atoms with Gasteiger partial charge in [0, 0.05) is 12.2 Å². The molecule has 0 bridgehead atoms. The van der Waals surface area contributed by atoms with Gasteiger partial charge in [-0.25, -0.2) is 9.59 Å². The van der Waals surface area contributed by atoms with Crippen molar-refractivity contribution in [3.63, 3.8) is 0 Å². The lowest BCUT2D eigenvalue weighted by molar-refractivity contribution is -0.140. The zero-order valence-electron chi connectivity index (χ0n) is 14.1. The molecule has 0 aromatic rings. The molecule has 0 radical (unpaired) electrons. The van der Waals surface area contributed by atoms with Crippen molar-refractivity contribution in [1.29, 1.82) is 0 Å². The van der Waals surface area contributed by atoms with Crippen LogP contribution in [0.3, 0.4) is 0 Å². The summed E-state index contributed by atoms with van der Waals surface area (Å²) in [5.74, 6) is -0.783. The molecule has 0 aliphatic heterocycles. The summed E-state index contributed by atoms with van der Waals surface area (Å²) in [6.07, 6.45) is 4.96. The van der Waals surface area contributed by atoms with Crippen LogP contribution in [-0.4, -0.2) is 25.2 Å². The molecule has 120 valence electrons. The molecular weight excluding hydrogens is 268 g/mol. The van der Waals surface area contributed by atoms with Gasteiger partial charge in [-0.2, -0.15) is 0 Å². The minimum atomic E-state index is -0.549. The van der Waals surface area contributed by atoms with Crippen molar-refractivity contribution in [3.05, 3.63) is 23.8 Å². The topological polar surface area (TPSA) is 52.6 Å². The zero-order valence-corrected chi connectivity index (χ0v) is 14.1. The second-order valence-electron chi connectivity index (χ2n) is 6.74. The molecule has 4 heteroatoms. The van der Waals surface area contributed by atoms with Crippen molar-refractivity contribution in [3.8, 4) is 0 Å². The molecular formula is C17H28O4. The van der Waals surface area contributed by atoms with Crippen molar-refractivity contribution >= 4 is 11.9 Å². The monoisotopic (exact) mass is 296 g/mol. The van der Waals surface area contributed by atoms with E-state index in [1.165, 1.54) is 0 Å². The van der Waals surface area contributed by atoms with E-state index in [1.807, 2.05) is 20.8 Å². The van der Waals surface area contributed by atoms with E-state index in [2.05, 4.69) is 20.8 Å². The normalized spacial score (nSPS) is 12.9. The number of allylic oxidation sites excluding steroid dienone is 1. The van der Waals surface area contributed by atoms with Gasteiger partial charge in [0.2, 0.25) is 0 Å². The number of carbonyl (C=O) groups is 2. The quantitative estimate of drug-likeness (QED) is 0.408. The van der Waals surface area contributed by atoms with Crippen molar-refractivity contribution in [2.45, 2.75) is 48.0 Å². The van der Waals surface area contributed by atoms with E-state index in [1.54, 1.807) is 6.08 Å². The molecule has 0 rings (SSSR count). The number of carbonyl (C=O) groups excluding carboxylic acids is 2. The van der Waals surface area contributed by atoms with Crippen LogP contribution in [0.2, 0.25) is 0 Å². The van der Waals surface area contributed by atoms with Gasteiger partial charge >= 0.3 is 11.9 Å². The van der Waals surface area contributed by atoms with Gasteiger partial charge in [-0.05, 0) is 37.7 Å². The lowest BCUT2D eigenvalue weighted by Gasteiger charge is -2.22. The standard InChI is InChI=1S/C17H28O4/c1-13(2)9-10-20-15(18)7-8-16(19)21-12-14(3)11-17(4,5)6/h7-9,14H,10-12H2,1-6H3/b8-7+. The van der Waals surface area contributed by atoms with E-state index < -0.39 is 11.9 Å². The molecule has 0 heterocycles. The Kier molecular flexibility index (Phi) is 8.67. The van der Waals surface area contributed by atoms with Gasteiger partial charge in [-0.3, -0.25) is 0 Å². The van der Waals surface area contributed by atoms with Gasteiger partial charge in [0.05, 0.1) is 6.61 Å². The number of hydrogen-bond donors (Lipinski definition) is 0. The first kappa shape index (κ1) is 19.4. The maximum atomic E-state index is 11.5. The minimum Gasteiger partial charge on any atom is -0.462 e. The van der Waals surface area contributed by atoms with E-state index in [4.69, 9.17) is 9.47 Å². The van der Waals surface area contributed by atoms with E-state index in [0.29, 0.717) is 6.61 Å². The third-order valence-corrected chi connectivity index (χ3v) is 2.54. The second-order valence-corrected chi connectivity index (χ2v) is 6.74. The van der Waals surface area contributed by atoms with Crippen LogP contribution in [0.4, 0.5) is 0 Å². The molecule has 4 nitrogen and oxygen atoms in total. The fraction of sp³-hybridized carbons (Fsp3) is 0.647. The molecule has 0 aromatic heterocycles. The molecule has 0 fully saturated rings. The van der Waals surface area contributed by atoms with Gasteiger partial charge in [-0.15, -0.1) is 0 Å². The lowest BCUT2D eigenvalue weighted by atomic mass is 9.86. The van der Waals surface area contributed by atoms with Crippen LogP contribution in [0.15, 0.2) is 23.8 Å². The summed E-state index contributed by atoms with van der Waals surface area (Å²) in [6.45, 7) is 12.9. The minimum absolute atomic E-state index is 0.205. The summed E-state index contributed by atoms with van der Waals surface area (Å²) in [6, 6.07) is 0. The zero-order chi connectivity index (χ0) is 16.5. The summed E-state index contributed by atoms with van der Waals surface area (Å²) in [5, 5.41) is 0. The Hall–Kier alpha value is -1.58. The molecule has 1 unspecified atom stereocenters. The first-order chi connectivity index (χ1) is 9.60. The SMILES string of the molecule is CC(C)=CCOC(=O)/C=C/C(=O)OCC(C)CC(C)(C)C. The van der Waals surface area contributed by atoms with Gasteiger partial charge < -0.3 is 9.47 Å². The Labute approximate surface area is 128 Å². The molecule has 0 saturated heterocycles. The Morgan fingerprint density at radius 1 is 1.05 bits per heavy atom. The van der Waals surface area contributed by atoms with E-state index in [-0.39, 0.29) is 17.9 Å². The van der Waals surface area contributed by atoms with Gasteiger partial charge in [0.15, 0.2) is 0 Å². The maximum absolute atomic E-state index is 11.5. The van der Waals surface area contributed by atoms with Gasteiger partial charge in [0.25, 0.3) is 0 Å². The van der Waals surface area contributed by atoms with Crippen LogP contribution >= 0.6 is 0 Å². The molecule has 0 N–H and O–H groups in total. The third kappa shape index (κ3) is 13.2. The Bertz CT molecular complexity index is 396. The highest BCUT2D eigenvalue weighted by Crippen LogP contribution is 2.24. The molecule has 0 aromatic carbocycles. The van der Waals surface area contributed by atoms with Crippen LogP contribution < -0.4 is 0 Å². The van der Waals surface area contributed by atoms with Crippen LogP contribution in [0, 0.1) is 11.3 Å². The smallest absolute Gasteiger partial charge is 0.331 e. The highest BCUT2D eigenvalue weighted by Gasteiger charge is 2.16. The molecule has 0 amide bonds. The number of ether oxygens (including phenoxy) is 2. The van der Waals surface area contributed by atoms with E-state index in [9.17, 15) is 9.59 Å². The van der Waals surface area contributed by atoms with E-state index in [0.717, 1.165) is 24.1 Å². The van der Waals surface area contributed by atoms with Crippen molar-refractivity contribution in [2.75, 3.05) is 13.2 Å². The summed E-state index contributed by atoms with van der Waals surface area (Å²) >= 11 is 0. The van der Waals surface area contributed by atoms with Crippen LogP contribution in [-0.2, 0) is 19.1 Å². The molecule has 0 aliphatic carbocycles. The highest BCUT2D eigenvalue weighted by atomic mass is 16.5. The second kappa shape index (κ2) is 9.37. The average molecular weight is 296 g/mol. The molecule has 1 atom stereocenters. The van der Waals surface area contributed by atoms with Gasteiger partial charge in [-0.1, -0.05) is 33.3 Å². The number of hydrogen-bond acceptors (Lipinski definition) is 4. The average Bonchev–Trinajstić information content (AvgIpc) is 2.31. The lowest BCUT2D eigenvalue weighted by Crippen LogP contribution is -2.17. The Morgan fingerprint density at radius 2 is 1.57 bits per heavy atom. The fourth-order valence-corrected chi connectivity index (χ4v) is 1.85. The first-order valence-corrected chi connectivity index (χ1v) is 7.25. The Balaban J connectivity index is 4.00. The maximum Gasteiger partial charge on any atom is 0.331 e. The first-order valence-electron chi connectivity index (χ1n) is 7.25. The summed E-state index contributed by atoms with van der Waals surface area (Å²) in [5.41, 5.74) is 1.27. The van der Waals surface area contributed by atoms with Crippen LogP contribution in [0.1, 0.15) is 48.0 Å². The van der Waals surface area contributed by atoms with Crippen molar-refractivity contribution < 1.29 is 19.1 Å². The fourth-order valence-electron chi connectivity index (χ4n) is 1.85. The molecule has 0 saturated carbocycles. The molecule has 21 heavy (non-hydrogen) atoms. The predicted molar refractivity (Wildman–Crippen MR) is 83.7 cm³/mol. The largest absolute Gasteiger partial charge is 0.462 e. The van der Waals surface area contributed by atoms with Crippen molar-refractivity contribution in [2.24, 2.45) is 11.3 Å². The summed E-state index contributed by atoms with van der Waals surface area (Å²) in [7, 11) is 0. The predicted octanol–water partition coefficient (Wildman–Crippen LogP) is 3.67. The van der Waals surface area contributed by atoms with Gasteiger partial charge in [0.1, 0.15) is 6.61 Å².